The normalized spacial score (nSPS) is 17.3. The molecule has 1 unspecified atom stereocenters. The highest BCUT2D eigenvalue weighted by Gasteiger charge is 2.16. The van der Waals surface area contributed by atoms with E-state index in [-0.39, 0.29) is 17.7 Å². The van der Waals surface area contributed by atoms with E-state index in [0.29, 0.717) is 25.3 Å². The second-order valence-corrected chi connectivity index (χ2v) is 5.07. The first-order chi connectivity index (χ1) is 10.1. The molecule has 0 bridgehead atoms. The average Bonchev–Trinajstić information content (AvgIpc) is 2.48. The van der Waals surface area contributed by atoms with Gasteiger partial charge in [0.05, 0.1) is 32.9 Å². The Balaban J connectivity index is 1.89. The number of nitrogens with zero attached hydrogens (tertiary/aromatic N) is 1. The van der Waals surface area contributed by atoms with Gasteiger partial charge in [0.25, 0.3) is 0 Å². The lowest BCUT2D eigenvalue weighted by atomic mass is 10.1. The molecule has 1 amide bonds. The van der Waals surface area contributed by atoms with Crippen LogP contribution in [-0.4, -0.2) is 50.8 Å². The second kappa shape index (κ2) is 7.38. The van der Waals surface area contributed by atoms with Gasteiger partial charge in [0.2, 0.25) is 5.91 Å². The van der Waals surface area contributed by atoms with Crippen LogP contribution in [0.15, 0.2) is 18.2 Å². The van der Waals surface area contributed by atoms with Crippen molar-refractivity contribution in [3.8, 4) is 5.75 Å². The molecule has 1 aromatic carbocycles. The number of benzene rings is 1. The first kappa shape index (κ1) is 15.7. The molecule has 5 nitrogen and oxygen atoms in total. The third kappa shape index (κ3) is 4.41. The van der Waals surface area contributed by atoms with E-state index in [1.54, 1.807) is 12.1 Å². The van der Waals surface area contributed by atoms with E-state index in [1.807, 2.05) is 11.8 Å². The first-order valence-electron chi connectivity index (χ1n) is 7.03. The van der Waals surface area contributed by atoms with Crippen molar-refractivity contribution in [3.63, 3.8) is 0 Å². The largest absolute Gasteiger partial charge is 0.494 e. The van der Waals surface area contributed by atoms with Crippen molar-refractivity contribution in [2.75, 3.05) is 40.0 Å². The smallest absolute Gasteiger partial charge is 0.234 e. The van der Waals surface area contributed by atoms with E-state index in [2.05, 4.69) is 5.32 Å². The van der Waals surface area contributed by atoms with Gasteiger partial charge in [0.1, 0.15) is 0 Å². The molecule has 1 N–H and O–H groups in total. The number of hydrogen-bond acceptors (Lipinski definition) is 4. The van der Waals surface area contributed by atoms with Crippen molar-refractivity contribution in [2.45, 2.75) is 13.0 Å². The van der Waals surface area contributed by atoms with Crippen LogP contribution in [0.5, 0.6) is 5.75 Å². The maximum atomic E-state index is 13.7. The van der Waals surface area contributed by atoms with Gasteiger partial charge in [-0.2, -0.15) is 0 Å². The van der Waals surface area contributed by atoms with Gasteiger partial charge in [-0.1, -0.05) is 6.07 Å². The van der Waals surface area contributed by atoms with Crippen molar-refractivity contribution in [1.29, 1.82) is 0 Å². The molecule has 0 spiro atoms. The molecule has 2 rings (SSSR count). The SMILES string of the molecule is COc1ccc(C(C)NC(=O)CN2CCOCC2)cc1F. The minimum atomic E-state index is -0.427. The summed E-state index contributed by atoms with van der Waals surface area (Å²) in [6.45, 7) is 5.02. The number of rotatable bonds is 5. The highest BCUT2D eigenvalue weighted by molar-refractivity contribution is 5.78. The molecule has 1 saturated heterocycles. The Morgan fingerprint density at radius 1 is 1.48 bits per heavy atom. The summed E-state index contributed by atoms with van der Waals surface area (Å²) >= 11 is 0. The van der Waals surface area contributed by atoms with Crippen LogP contribution in [0.1, 0.15) is 18.5 Å². The molecular formula is C15H21FN2O3. The van der Waals surface area contributed by atoms with Gasteiger partial charge < -0.3 is 14.8 Å². The van der Waals surface area contributed by atoms with Crippen molar-refractivity contribution in [2.24, 2.45) is 0 Å². The monoisotopic (exact) mass is 296 g/mol. The minimum Gasteiger partial charge on any atom is -0.494 e. The number of methoxy groups -OCH3 is 1. The molecule has 116 valence electrons. The summed E-state index contributed by atoms with van der Waals surface area (Å²) in [4.78, 5) is 14.0. The number of hydrogen-bond donors (Lipinski definition) is 1. The topological polar surface area (TPSA) is 50.8 Å². The Kier molecular flexibility index (Phi) is 5.52. The molecule has 0 aromatic heterocycles. The standard InChI is InChI=1S/C15H21FN2O3/c1-11(12-3-4-14(20-2)13(16)9-12)17-15(19)10-18-5-7-21-8-6-18/h3-4,9,11H,5-8,10H2,1-2H3,(H,17,19). The summed E-state index contributed by atoms with van der Waals surface area (Å²) in [7, 11) is 1.42. The van der Waals surface area contributed by atoms with Gasteiger partial charge in [0.15, 0.2) is 11.6 Å². The van der Waals surface area contributed by atoms with Crippen LogP contribution in [0.3, 0.4) is 0 Å². The molecule has 1 fully saturated rings. The van der Waals surface area contributed by atoms with Crippen molar-refractivity contribution in [1.82, 2.24) is 10.2 Å². The fraction of sp³-hybridized carbons (Fsp3) is 0.533. The van der Waals surface area contributed by atoms with Gasteiger partial charge in [0, 0.05) is 13.1 Å². The third-order valence-corrected chi connectivity index (χ3v) is 3.52. The maximum Gasteiger partial charge on any atom is 0.234 e. The number of morpholine rings is 1. The van der Waals surface area contributed by atoms with Gasteiger partial charge in [-0.15, -0.1) is 0 Å². The Bertz CT molecular complexity index is 490. The quantitative estimate of drug-likeness (QED) is 0.891. The van der Waals surface area contributed by atoms with Crippen LogP contribution in [-0.2, 0) is 9.53 Å². The first-order valence-corrected chi connectivity index (χ1v) is 7.03. The third-order valence-electron chi connectivity index (χ3n) is 3.52. The number of nitrogens with one attached hydrogen (secondary N) is 1. The van der Waals surface area contributed by atoms with Crippen LogP contribution >= 0.6 is 0 Å². The van der Waals surface area contributed by atoms with Crippen LogP contribution in [0.25, 0.3) is 0 Å². The number of halogens is 1. The fourth-order valence-electron chi connectivity index (χ4n) is 2.28. The lowest BCUT2D eigenvalue weighted by molar-refractivity contribution is -0.123. The Hall–Kier alpha value is -1.66. The van der Waals surface area contributed by atoms with Crippen molar-refractivity contribution in [3.05, 3.63) is 29.6 Å². The molecular weight excluding hydrogens is 275 g/mol. The maximum absolute atomic E-state index is 13.7. The predicted molar refractivity (Wildman–Crippen MR) is 76.8 cm³/mol. The van der Waals surface area contributed by atoms with Crippen LogP contribution in [0, 0.1) is 5.82 Å². The van der Waals surface area contributed by atoms with Crippen LogP contribution in [0.2, 0.25) is 0 Å². The highest BCUT2D eigenvalue weighted by Crippen LogP contribution is 2.21. The van der Waals surface area contributed by atoms with E-state index in [4.69, 9.17) is 9.47 Å². The summed E-state index contributed by atoms with van der Waals surface area (Å²) in [6, 6.07) is 4.45. The molecule has 21 heavy (non-hydrogen) atoms. The number of ether oxygens (including phenoxy) is 2. The zero-order valence-electron chi connectivity index (χ0n) is 12.4. The molecule has 1 heterocycles. The average molecular weight is 296 g/mol. The Labute approximate surface area is 124 Å². The molecule has 1 aliphatic heterocycles. The van der Waals surface area contributed by atoms with E-state index in [1.165, 1.54) is 13.2 Å². The number of carbonyl (C=O) groups excluding carboxylic acids is 1. The van der Waals surface area contributed by atoms with E-state index in [9.17, 15) is 9.18 Å². The van der Waals surface area contributed by atoms with E-state index in [0.717, 1.165) is 13.1 Å². The van der Waals surface area contributed by atoms with Gasteiger partial charge in [-0.3, -0.25) is 9.69 Å². The molecule has 1 aliphatic rings. The molecule has 1 aromatic rings. The van der Waals surface area contributed by atoms with Gasteiger partial charge in [-0.25, -0.2) is 4.39 Å². The predicted octanol–water partition coefficient (Wildman–Crippen LogP) is 1.34. The lowest BCUT2D eigenvalue weighted by Crippen LogP contribution is -2.43. The molecule has 1 atom stereocenters. The highest BCUT2D eigenvalue weighted by atomic mass is 19.1. The molecule has 0 aliphatic carbocycles. The summed E-state index contributed by atoms with van der Waals surface area (Å²) < 4.78 is 23.8. The number of carbonyl (C=O) groups is 1. The lowest BCUT2D eigenvalue weighted by Gasteiger charge is -2.26. The van der Waals surface area contributed by atoms with Crippen molar-refractivity contribution < 1.29 is 18.7 Å². The minimum absolute atomic E-state index is 0.0689. The van der Waals surface area contributed by atoms with Gasteiger partial charge in [-0.05, 0) is 24.6 Å². The van der Waals surface area contributed by atoms with Crippen LogP contribution < -0.4 is 10.1 Å². The molecule has 0 saturated carbocycles. The zero-order valence-corrected chi connectivity index (χ0v) is 12.4. The molecule has 0 radical (unpaired) electrons. The van der Waals surface area contributed by atoms with Gasteiger partial charge >= 0.3 is 0 Å². The second-order valence-electron chi connectivity index (χ2n) is 5.07. The number of amides is 1. The van der Waals surface area contributed by atoms with Crippen LogP contribution in [0.4, 0.5) is 4.39 Å². The van der Waals surface area contributed by atoms with Crippen molar-refractivity contribution >= 4 is 5.91 Å². The Morgan fingerprint density at radius 3 is 2.81 bits per heavy atom. The Morgan fingerprint density at radius 2 is 2.19 bits per heavy atom. The molecule has 6 heteroatoms. The van der Waals surface area contributed by atoms with E-state index >= 15 is 0 Å². The summed E-state index contributed by atoms with van der Waals surface area (Å²) in [6.07, 6.45) is 0. The van der Waals surface area contributed by atoms with E-state index < -0.39 is 5.82 Å². The summed E-state index contributed by atoms with van der Waals surface area (Å²) in [5.41, 5.74) is 0.712. The fourth-order valence-corrected chi connectivity index (χ4v) is 2.28. The summed E-state index contributed by atoms with van der Waals surface area (Å²) in [5, 5.41) is 2.88. The zero-order chi connectivity index (χ0) is 15.2. The summed E-state index contributed by atoms with van der Waals surface area (Å²) in [5.74, 6) is -0.296.